The Morgan fingerprint density at radius 1 is 1.54 bits per heavy atom. The minimum absolute atomic E-state index is 0.0136. The minimum Gasteiger partial charge on any atom is -0.387 e. The number of hydrogen-bond donors (Lipinski definition) is 3. The number of aromatic amines is 1. The molecule has 128 valence electrons. The zero-order valence-corrected chi connectivity index (χ0v) is 12.1. The second-order valence-electron chi connectivity index (χ2n) is 5.17. The van der Waals surface area contributed by atoms with Crippen molar-refractivity contribution in [1.82, 2.24) is 19.5 Å². The van der Waals surface area contributed by atoms with Crippen molar-refractivity contribution in [2.24, 2.45) is 27.3 Å². The van der Waals surface area contributed by atoms with Crippen LogP contribution in [0.1, 0.15) is 6.23 Å². The van der Waals surface area contributed by atoms with Crippen molar-refractivity contribution in [1.29, 1.82) is 0 Å². The first kappa shape index (κ1) is 16.1. The van der Waals surface area contributed by atoms with E-state index in [2.05, 4.69) is 30.5 Å². The van der Waals surface area contributed by atoms with Crippen molar-refractivity contribution in [3.8, 4) is 0 Å². The van der Waals surface area contributed by atoms with E-state index >= 15 is 0 Å². The van der Waals surface area contributed by atoms with E-state index in [0.29, 0.717) is 0 Å². The fourth-order valence-electron chi connectivity index (χ4n) is 2.76. The fraction of sp³-hybridized carbons (Fsp3) is 0.545. The Hall–Kier alpha value is -2.80. The summed E-state index contributed by atoms with van der Waals surface area (Å²) in [5.74, 6) is 3.87. The monoisotopic (exact) mass is 340 g/mol. The van der Waals surface area contributed by atoms with Gasteiger partial charge in [0.1, 0.15) is 18.9 Å². The Balaban J connectivity index is 2.11. The van der Waals surface area contributed by atoms with Crippen molar-refractivity contribution < 1.29 is 14.2 Å². The molecule has 1 aliphatic rings. The summed E-state index contributed by atoms with van der Waals surface area (Å²) >= 11 is 0. The number of imidazole rings is 1. The molecule has 13 heteroatoms. The highest BCUT2D eigenvalue weighted by Crippen LogP contribution is 2.43. The van der Waals surface area contributed by atoms with E-state index in [4.69, 9.17) is 10.6 Å². The van der Waals surface area contributed by atoms with Crippen LogP contribution in [-0.2, 0) is 4.74 Å². The summed E-state index contributed by atoms with van der Waals surface area (Å²) in [4.78, 5) is 32.6. The van der Waals surface area contributed by atoms with Crippen molar-refractivity contribution >= 4 is 11.2 Å². The first-order valence-electron chi connectivity index (χ1n) is 6.81. The van der Waals surface area contributed by atoms with Crippen molar-refractivity contribution in [2.45, 2.75) is 18.1 Å². The topological polar surface area (TPSA) is 173 Å². The molecule has 24 heavy (non-hydrogen) atoms. The summed E-state index contributed by atoms with van der Waals surface area (Å²) in [6, 6.07) is 0. The number of nitrogens with one attached hydrogen (secondary N) is 1. The van der Waals surface area contributed by atoms with Gasteiger partial charge >= 0.3 is 0 Å². The maximum Gasteiger partial charge on any atom is 0.278 e. The minimum atomic E-state index is -1.92. The highest BCUT2D eigenvalue weighted by Gasteiger charge is 2.57. The van der Waals surface area contributed by atoms with Gasteiger partial charge in [-0.2, -0.15) is 4.91 Å². The van der Waals surface area contributed by atoms with Gasteiger partial charge in [-0.1, -0.05) is 10.4 Å². The molecule has 3 heterocycles. The lowest BCUT2D eigenvalue weighted by Crippen LogP contribution is -2.42. The summed E-state index contributed by atoms with van der Waals surface area (Å²) in [5, 5.41) is 19.6. The summed E-state index contributed by atoms with van der Waals surface area (Å²) in [6.45, 7) is -1.63. The molecule has 0 spiro atoms. The van der Waals surface area contributed by atoms with Gasteiger partial charge in [0.25, 0.3) is 5.56 Å². The number of halogens is 1. The smallest absolute Gasteiger partial charge is 0.278 e. The number of nitroso groups, excluding NO2 is 1. The molecule has 2 aromatic heterocycles. The van der Waals surface area contributed by atoms with Gasteiger partial charge in [0.2, 0.25) is 5.72 Å². The third kappa shape index (κ3) is 2.25. The maximum atomic E-state index is 13.5. The Morgan fingerprint density at radius 2 is 2.33 bits per heavy atom. The Bertz CT molecular complexity index is 837. The molecule has 4 N–H and O–H groups in total. The van der Waals surface area contributed by atoms with Crippen molar-refractivity contribution in [3.05, 3.63) is 27.9 Å². The number of aliphatic hydroxyl groups is 1. The number of aliphatic hydroxyl groups excluding tert-OH is 1. The van der Waals surface area contributed by atoms with Crippen LogP contribution in [0.3, 0.4) is 0 Å². The number of alkyl halides is 1. The average Bonchev–Trinajstić information content (AvgIpc) is 3.10. The Morgan fingerprint density at radius 3 is 3.00 bits per heavy atom. The standard InChI is InChI=1S/C11H13FN8O4/c12-1-5-7(21)11(2-17-23,18-19-13)24-10(5)20-4-16-6-8(20)14-3-15-9(6)22/h3-5,7,10,21H,1-2H2,(H2,13,18)(H,14,15,22)/t5?,7-,10?,11+/m0/s1. The van der Waals surface area contributed by atoms with Gasteiger partial charge in [0.05, 0.1) is 25.2 Å². The van der Waals surface area contributed by atoms with Gasteiger partial charge in [-0.3, -0.25) is 13.8 Å². The highest BCUT2D eigenvalue weighted by atomic mass is 19.1. The number of rotatable bonds is 5. The number of fused-ring (bicyclic) bond motifs is 1. The third-order valence-electron chi connectivity index (χ3n) is 3.89. The number of hydrogen-bond acceptors (Lipinski definition) is 9. The van der Waals surface area contributed by atoms with Crippen LogP contribution in [0, 0.1) is 10.8 Å². The van der Waals surface area contributed by atoms with Crippen LogP contribution in [0.4, 0.5) is 4.39 Å². The molecule has 1 aliphatic heterocycles. The zero-order valence-electron chi connectivity index (χ0n) is 12.1. The quantitative estimate of drug-likeness (QED) is 0.281. The van der Waals surface area contributed by atoms with Gasteiger partial charge < -0.3 is 20.7 Å². The van der Waals surface area contributed by atoms with E-state index < -0.39 is 42.8 Å². The molecule has 0 bridgehead atoms. The van der Waals surface area contributed by atoms with E-state index in [9.17, 15) is 19.2 Å². The van der Waals surface area contributed by atoms with Crippen LogP contribution in [0.25, 0.3) is 11.2 Å². The van der Waals surface area contributed by atoms with E-state index in [1.807, 2.05) is 0 Å². The molecule has 2 aromatic rings. The molecule has 4 atom stereocenters. The van der Waals surface area contributed by atoms with Crippen LogP contribution >= 0.6 is 0 Å². The highest BCUT2D eigenvalue weighted by molar-refractivity contribution is 5.68. The van der Waals surface area contributed by atoms with E-state index in [0.717, 1.165) is 6.33 Å². The van der Waals surface area contributed by atoms with Gasteiger partial charge in [0.15, 0.2) is 11.2 Å². The summed E-state index contributed by atoms with van der Waals surface area (Å²) in [5.41, 5.74) is -2.28. The van der Waals surface area contributed by atoms with E-state index in [-0.39, 0.29) is 11.2 Å². The second-order valence-corrected chi connectivity index (χ2v) is 5.17. The van der Waals surface area contributed by atoms with Crippen LogP contribution < -0.4 is 11.4 Å². The average molecular weight is 340 g/mol. The lowest BCUT2D eigenvalue weighted by molar-refractivity contribution is -0.0945. The van der Waals surface area contributed by atoms with E-state index in [1.165, 1.54) is 10.9 Å². The molecule has 0 amide bonds. The molecule has 12 nitrogen and oxygen atoms in total. The molecular weight excluding hydrogens is 327 g/mol. The Labute approximate surface area is 132 Å². The lowest BCUT2D eigenvalue weighted by atomic mass is 9.97. The second kappa shape index (κ2) is 6.01. The molecule has 1 fully saturated rings. The molecule has 1 saturated heterocycles. The third-order valence-corrected chi connectivity index (χ3v) is 3.89. The van der Waals surface area contributed by atoms with Gasteiger partial charge in [-0.25, -0.2) is 9.97 Å². The summed E-state index contributed by atoms with van der Waals surface area (Å²) in [6.07, 6.45) is -0.316. The molecule has 0 aromatic carbocycles. The number of nitrogens with zero attached hydrogens (tertiary/aromatic N) is 6. The molecule has 3 rings (SSSR count). The fourth-order valence-corrected chi connectivity index (χ4v) is 2.76. The number of H-pyrrole nitrogens is 1. The largest absolute Gasteiger partial charge is 0.387 e. The van der Waals surface area contributed by atoms with Gasteiger partial charge in [-0.15, -0.1) is 5.11 Å². The lowest BCUT2D eigenvalue weighted by Gasteiger charge is -2.23. The normalized spacial score (nSPS) is 30.3. The first-order chi connectivity index (χ1) is 11.6. The van der Waals surface area contributed by atoms with Gasteiger partial charge in [-0.05, 0) is 0 Å². The molecule has 0 radical (unpaired) electrons. The maximum absolute atomic E-state index is 13.5. The number of nitrogens with two attached hydrogens (primary N) is 1. The van der Waals surface area contributed by atoms with Crippen LogP contribution in [0.5, 0.6) is 0 Å². The van der Waals surface area contributed by atoms with Crippen LogP contribution in [0.2, 0.25) is 0 Å². The molecule has 2 unspecified atom stereocenters. The zero-order chi connectivity index (χ0) is 17.3. The first-order valence-corrected chi connectivity index (χ1v) is 6.81. The SMILES string of the molecule is NN=N[C@]1(CN=O)OC(n2cnc3c(=O)[nH]cnc32)C(CF)[C@@H]1O. The summed E-state index contributed by atoms with van der Waals surface area (Å²) in [7, 11) is 0. The van der Waals surface area contributed by atoms with Crippen LogP contribution in [0.15, 0.2) is 33.0 Å². The predicted octanol–water partition coefficient (Wildman–Crippen LogP) is -0.616. The van der Waals surface area contributed by atoms with Crippen molar-refractivity contribution in [2.75, 3.05) is 13.2 Å². The van der Waals surface area contributed by atoms with E-state index in [1.54, 1.807) is 0 Å². The number of ether oxygens (including phenoxy) is 1. The van der Waals surface area contributed by atoms with Crippen molar-refractivity contribution in [3.63, 3.8) is 0 Å². The Kier molecular flexibility index (Phi) is 4.02. The molecular formula is C11H13FN8O4. The van der Waals surface area contributed by atoms with Gasteiger partial charge in [0, 0.05) is 0 Å². The van der Waals surface area contributed by atoms with Crippen LogP contribution in [-0.4, -0.2) is 49.7 Å². The summed E-state index contributed by atoms with van der Waals surface area (Å²) < 4.78 is 20.4. The molecule has 0 saturated carbocycles. The molecule has 0 aliphatic carbocycles. The predicted molar refractivity (Wildman–Crippen MR) is 76.2 cm³/mol. The number of aromatic nitrogens is 4.